The maximum Gasteiger partial charge on any atom is 0.243 e. The number of amides is 1. The molecule has 0 radical (unpaired) electrons. The summed E-state index contributed by atoms with van der Waals surface area (Å²) in [7, 11) is -3.56. The molecule has 4 N–H and O–H groups in total. The van der Waals surface area contributed by atoms with Crippen LogP contribution in [0.15, 0.2) is 23.1 Å². The second kappa shape index (κ2) is 7.19. The molecule has 0 spiro atoms. The predicted molar refractivity (Wildman–Crippen MR) is 82.1 cm³/mol. The SMILES string of the molecule is CCNS(=O)(=O)c1ccc(C)c(NC(=O)CNC(C)=N)c1. The molecule has 1 amide bonds. The summed E-state index contributed by atoms with van der Waals surface area (Å²) in [5.41, 5.74) is 1.19. The van der Waals surface area contributed by atoms with Gasteiger partial charge in [0.05, 0.1) is 17.3 Å². The van der Waals surface area contributed by atoms with Crippen molar-refractivity contribution in [2.75, 3.05) is 18.4 Å². The lowest BCUT2D eigenvalue weighted by atomic mass is 10.2. The number of carbonyl (C=O) groups is 1. The van der Waals surface area contributed by atoms with Crippen molar-refractivity contribution < 1.29 is 13.2 Å². The molecule has 0 aromatic heterocycles. The van der Waals surface area contributed by atoms with Crippen molar-refractivity contribution in [3.8, 4) is 0 Å². The van der Waals surface area contributed by atoms with Crippen LogP contribution in [0.1, 0.15) is 19.4 Å². The molecule has 1 aromatic carbocycles. The minimum atomic E-state index is -3.56. The minimum absolute atomic E-state index is 0.0427. The zero-order chi connectivity index (χ0) is 16.0. The normalized spacial score (nSPS) is 11.0. The van der Waals surface area contributed by atoms with E-state index in [1.165, 1.54) is 19.1 Å². The lowest BCUT2D eigenvalue weighted by Gasteiger charge is -2.12. The fraction of sp³-hybridized carbons (Fsp3) is 0.385. The molecule has 7 nitrogen and oxygen atoms in total. The van der Waals surface area contributed by atoms with Crippen molar-refractivity contribution in [1.82, 2.24) is 10.0 Å². The van der Waals surface area contributed by atoms with Gasteiger partial charge >= 0.3 is 0 Å². The summed E-state index contributed by atoms with van der Waals surface area (Å²) in [4.78, 5) is 11.8. The Balaban J connectivity index is 2.93. The first kappa shape index (κ1) is 17.1. The van der Waals surface area contributed by atoms with Crippen LogP contribution in [0.5, 0.6) is 0 Å². The number of anilines is 1. The molecular weight excluding hydrogens is 292 g/mol. The van der Waals surface area contributed by atoms with E-state index in [4.69, 9.17) is 5.41 Å². The van der Waals surface area contributed by atoms with Gasteiger partial charge in [0.25, 0.3) is 0 Å². The van der Waals surface area contributed by atoms with Crippen LogP contribution in [0.3, 0.4) is 0 Å². The Morgan fingerprint density at radius 2 is 2.00 bits per heavy atom. The van der Waals surface area contributed by atoms with Gasteiger partial charge in [-0.25, -0.2) is 13.1 Å². The van der Waals surface area contributed by atoms with Crippen molar-refractivity contribution in [3.63, 3.8) is 0 Å². The van der Waals surface area contributed by atoms with Crippen molar-refractivity contribution in [2.24, 2.45) is 0 Å². The average Bonchev–Trinajstić information content (AvgIpc) is 2.38. The Hall–Kier alpha value is -1.93. The number of hydrogen-bond donors (Lipinski definition) is 4. The second-order valence-corrected chi connectivity index (χ2v) is 6.27. The Morgan fingerprint density at radius 1 is 1.33 bits per heavy atom. The van der Waals surface area contributed by atoms with Crippen LogP contribution in [-0.2, 0) is 14.8 Å². The van der Waals surface area contributed by atoms with Gasteiger partial charge in [-0.3, -0.25) is 10.2 Å². The largest absolute Gasteiger partial charge is 0.365 e. The molecule has 0 heterocycles. The summed E-state index contributed by atoms with van der Waals surface area (Å²) >= 11 is 0. The molecule has 0 fully saturated rings. The van der Waals surface area contributed by atoms with E-state index in [-0.39, 0.29) is 23.2 Å². The fourth-order valence-corrected chi connectivity index (χ4v) is 2.65. The smallest absolute Gasteiger partial charge is 0.243 e. The molecule has 0 aliphatic carbocycles. The summed E-state index contributed by atoms with van der Waals surface area (Å²) in [6.45, 7) is 5.25. The highest BCUT2D eigenvalue weighted by molar-refractivity contribution is 7.89. The molecule has 1 aromatic rings. The number of rotatable bonds is 6. The van der Waals surface area contributed by atoms with Gasteiger partial charge in [0.15, 0.2) is 0 Å². The molecule has 0 atom stereocenters. The molecular formula is C13H20N4O3S. The summed E-state index contributed by atoms with van der Waals surface area (Å²) in [5, 5.41) is 12.4. The van der Waals surface area contributed by atoms with Crippen molar-refractivity contribution >= 4 is 27.5 Å². The molecule has 116 valence electrons. The summed E-state index contributed by atoms with van der Waals surface area (Å²) < 4.78 is 26.3. The average molecular weight is 312 g/mol. The molecule has 0 bridgehead atoms. The lowest BCUT2D eigenvalue weighted by molar-refractivity contribution is -0.115. The van der Waals surface area contributed by atoms with Crippen molar-refractivity contribution in [3.05, 3.63) is 23.8 Å². The Bertz CT molecular complexity index is 641. The van der Waals surface area contributed by atoms with Crippen LogP contribution in [0.4, 0.5) is 5.69 Å². The zero-order valence-electron chi connectivity index (χ0n) is 12.3. The van der Waals surface area contributed by atoms with Crippen LogP contribution in [-0.4, -0.2) is 33.3 Å². The van der Waals surface area contributed by atoms with E-state index >= 15 is 0 Å². The number of benzene rings is 1. The number of aryl methyl sites for hydroxylation is 1. The highest BCUT2D eigenvalue weighted by Crippen LogP contribution is 2.20. The maximum atomic E-state index is 11.9. The third-order valence-electron chi connectivity index (χ3n) is 2.64. The van der Waals surface area contributed by atoms with Gasteiger partial charge in [0.1, 0.15) is 0 Å². The third-order valence-corrected chi connectivity index (χ3v) is 4.19. The lowest BCUT2D eigenvalue weighted by Crippen LogP contribution is -2.31. The number of sulfonamides is 1. The van der Waals surface area contributed by atoms with E-state index in [1.807, 2.05) is 0 Å². The molecule has 0 aliphatic rings. The first-order valence-electron chi connectivity index (χ1n) is 6.45. The van der Waals surface area contributed by atoms with Crippen LogP contribution in [0.25, 0.3) is 0 Å². The van der Waals surface area contributed by atoms with Crippen molar-refractivity contribution in [1.29, 1.82) is 5.41 Å². The van der Waals surface area contributed by atoms with Gasteiger partial charge in [-0.1, -0.05) is 13.0 Å². The first-order valence-corrected chi connectivity index (χ1v) is 7.93. The number of amidine groups is 1. The highest BCUT2D eigenvalue weighted by Gasteiger charge is 2.15. The summed E-state index contributed by atoms with van der Waals surface area (Å²) in [6.07, 6.45) is 0. The second-order valence-electron chi connectivity index (χ2n) is 4.50. The monoisotopic (exact) mass is 312 g/mol. The van der Waals surface area contributed by atoms with E-state index in [0.29, 0.717) is 12.2 Å². The minimum Gasteiger partial charge on any atom is -0.365 e. The van der Waals surface area contributed by atoms with Gasteiger partial charge in [0, 0.05) is 12.2 Å². The van der Waals surface area contributed by atoms with E-state index in [0.717, 1.165) is 5.56 Å². The molecule has 1 rings (SSSR count). The molecule has 0 saturated heterocycles. The standard InChI is InChI=1S/C13H20N4O3S/c1-4-16-21(19,20)11-6-5-9(2)12(7-11)17-13(18)8-15-10(3)14/h5-7,16H,4,8H2,1-3H3,(H2,14,15)(H,17,18). The van der Waals surface area contributed by atoms with Gasteiger partial charge in [0.2, 0.25) is 15.9 Å². The predicted octanol–water partition coefficient (Wildman–Crippen LogP) is 0.818. The Labute approximate surface area is 124 Å². The van der Waals surface area contributed by atoms with E-state index in [1.54, 1.807) is 19.9 Å². The zero-order valence-corrected chi connectivity index (χ0v) is 13.1. The van der Waals surface area contributed by atoms with Gasteiger partial charge in [-0.2, -0.15) is 0 Å². The topological polar surface area (TPSA) is 111 Å². The highest BCUT2D eigenvalue weighted by atomic mass is 32.2. The maximum absolute atomic E-state index is 11.9. The Morgan fingerprint density at radius 3 is 2.57 bits per heavy atom. The van der Waals surface area contributed by atoms with Crippen LogP contribution < -0.4 is 15.4 Å². The summed E-state index contributed by atoms with van der Waals surface area (Å²) in [5.74, 6) is -0.159. The Kier molecular flexibility index (Phi) is 5.86. The molecule has 0 aliphatic heterocycles. The first-order chi connectivity index (χ1) is 9.76. The summed E-state index contributed by atoms with van der Waals surface area (Å²) in [6, 6.07) is 4.54. The van der Waals surface area contributed by atoms with E-state index < -0.39 is 10.0 Å². The number of hydrogen-bond acceptors (Lipinski definition) is 4. The van der Waals surface area contributed by atoms with Gasteiger partial charge < -0.3 is 10.6 Å². The molecule has 0 saturated carbocycles. The fourth-order valence-electron chi connectivity index (χ4n) is 1.58. The van der Waals surface area contributed by atoms with Crippen LogP contribution >= 0.6 is 0 Å². The number of nitrogens with one attached hydrogen (secondary N) is 4. The van der Waals surface area contributed by atoms with Gasteiger partial charge in [-0.15, -0.1) is 0 Å². The molecule has 21 heavy (non-hydrogen) atoms. The number of carbonyl (C=O) groups excluding carboxylic acids is 1. The quantitative estimate of drug-likeness (QED) is 0.460. The van der Waals surface area contributed by atoms with Crippen molar-refractivity contribution in [2.45, 2.75) is 25.7 Å². The van der Waals surface area contributed by atoms with E-state index in [9.17, 15) is 13.2 Å². The van der Waals surface area contributed by atoms with Crippen LogP contribution in [0, 0.1) is 12.3 Å². The van der Waals surface area contributed by atoms with E-state index in [2.05, 4.69) is 15.4 Å². The van der Waals surface area contributed by atoms with Crippen LogP contribution in [0.2, 0.25) is 0 Å². The van der Waals surface area contributed by atoms with Gasteiger partial charge in [-0.05, 0) is 31.5 Å². The molecule has 8 heteroatoms. The third kappa shape index (κ3) is 5.16. The molecule has 0 unspecified atom stereocenters.